The molecule has 4 rings (SSSR count). The molecule has 24 heavy (non-hydrogen) atoms. The third-order valence-corrected chi connectivity index (χ3v) is 6.43. The first-order chi connectivity index (χ1) is 11.5. The van der Waals surface area contributed by atoms with E-state index in [2.05, 4.69) is 44.0 Å². The first-order valence-corrected chi connectivity index (χ1v) is 9.79. The van der Waals surface area contributed by atoms with E-state index in [4.69, 9.17) is 9.98 Å². The van der Waals surface area contributed by atoms with Crippen molar-refractivity contribution in [2.45, 2.75) is 59.2 Å². The van der Waals surface area contributed by atoms with Crippen LogP contribution < -0.4 is 5.32 Å². The molecule has 2 aromatic rings. The maximum absolute atomic E-state index is 4.80. The summed E-state index contributed by atoms with van der Waals surface area (Å²) in [5.41, 5.74) is 3.81. The Balaban J connectivity index is 1.53. The van der Waals surface area contributed by atoms with Gasteiger partial charge in [-0.25, -0.2) is 4.98 Å². The van der Waals surface area contributed by atoms with Gasteiger partial charge in [0.1, 0.15) is 10.7 Å². The molecule has 0 aliphatic carbocycles. The SMILES string of the molecule is Cc1cc(C)c2c3c(sc2n1)C(NC1CCN(C(C)C)CC1)=NC3. The van der Waals surface area contributed by atoms with Crippen molar-refractivity contribution in [3.63, 3.8) is 0 Å². The molecule has 4 nitrogen and oxygen atoms in total. The molecule has 2 aromatic heterocycles. The van der Waals surface area contributed by atoms with Gasteiger partial charge >= 0.3 is 0 Å². The summed E-state index contributed by atoms with van der Waals surface area (Å²) >= 11 is 1.80. The minimum absolute atomic E-state index is 0.547. The summed E-state index contributed by atoms with van der Waals surface area (Å²) in [5.74, 6) is 1.10. The van der Waals surface area contributed by atoms with E-state index < -0.39 is 0 Å². The predicted molar refractivity (Wildman–Crippen MR) is 102 cm³/mol. The molecule has 2 aliphatic heterocycles. The van der Waals surface area contributed by atoms with Crippen LogP contribution in [0.2, 0.25) is 0 Å². The lowest BCUT2D eigenvalue weighted by Gasteiger charge is -2.35. The van der Waals surface area contributed by atoms with Crippen molar-refractivity contribution in [3.8, 4) is 0 Å². The van der Waals surface area contributed by atoms with Crippen molar-refractivity contribution in [1.82, 2.24) is 15.2 Å². The fraction of sp³-hybridized carbons (Fsp3) is 0.579. The van der Waals surface area contributed by atoms with Crippen LogP contribution in [-0.2, 0) is 6.54 Å². The van der Waals surface area contributed by atoms with E-state index in [1.807, 2.05) is 0 Å². The summed E-state index contributed by atoms with van der Waals surface area (Å²) in [7, 11) is 0. The number of rotatable bonds is 2. The largest absolute Gasteiger partial charge is 0.366 e. The highest BCUT2D eigenvalue weighted by molar-refractivity contribution is 7.20. The van der Waals surface area contributed by atoms with Gasteiger partial charge in [0.05, 0.1) is 11.4 Å². The standard InChI is InChI=1S/C19H26N4S/c1-11(2)23-7-5-14(6-8-23)22-18-17-15(10-20-18)16-12(3)9-13(4)21-19(16)24-17/h9,11,14H,5-8,10H2,1-4H3,(H,20,22). The van der Waals surface area contributed by atoms with E-state index >= 15 is 0 Å². The fourth-order valence-electron chi connectivity index (χ4n) is 3.95. The van der Waals surface area contributed by atoms with Crippen molar-refractivity contribution >= 4 is 27.4 Å². The number of aryl methyl sites for hydroxylation is 2. The summed E-state index contributed by atoms with van der Waals surface area (Å²) in [6.45, 7) is 12.0. The Morgan fingerprint density at radius 3 is 2.71 bits per heavy atom. The van der Waals surface area contributed by atoms with Crippen LogP contribution in [0.15, 0.2) is 11.1 Å². The quantitative estimate of drug-likeness (QED) is 0.906. The van der Waals surface area contributed by atoms with Crippen molar-refractivity contribution < 1.29 is 0 Å². The number of hydrogen-bond donors (Lipinski definition) is 1. The van der Waals surface area contributed by atoms with Crippen LogP contribution in [0.3, 0.4) is 0 Å². The maximum atomic E-state index is 4.80. The van der Waals surface area contributed by atoms with Gasteiger partial charge in [-0.05, 0) is 52.2 Å². The Labute approximate surface area is 148 Å². The van der Waals surface area contributed by atoms with Crippen molar-refractivity contribution in [2.75, 3.05) is 13.1 Å². The predicted octanol–water partition coefficient (Wildman–Crippen LogP) is 3.64. The van der Waals surface area contributed by atoms with Crippen LogP contribution in [0.25, 0.3) is 10.2 Å². The van der Waals surface area contributed by atoms with E-state index in [-0.39, 0.29) is 0 Å². The molecule has 0 unspecified atom stereocenters. The molecule has 4 heterocycles. The van der Waals surface area contributed by atoms with Gasteiger partial charge in [-0.2, -0.15) is 0 Å². The Morgan fingerprint density at radius 2 is 2.00 bits per heavy atom. The molecule has 0 saturated carbocycles. The third kappa shape index (κ3) is 2.74. The van der Waals surface area contributed by atoms with Gasteiger partial charge in [0.2, 0.25) is 0 Å². The van der Waals surface area contributed by atoms with E-state index in [1.54, 1.807) is 11.3 Å². The minimum Gasteiger partial charge on any atom is -0.366 e. The number of fused-ring (bicyclic) bond motifs is 3. The maximum Gasteiger partial charge on any atom is 0.139 e. The van der Waals surface area contributed by atoms with Gasteiger partial charge in [0.15, 0.2) is 0 Å². The van der Waals surface area contributed by atoms with Crippen LogP contribution in [0, 0.1) is 13.8 Å². The van der Waals surface area contributed by atoms with Crippen LogP contribution in [0.1, 0.15) is 48.4 Å². The average Bonchev–Trinajstić information content (AvgIpc) is 3.07. The van der Waals surface area contributed by atoms with Gasteiger partial charge in [-0.15, -0.1) is 11.3 Å². The third-order valence-electron chi connectivity index (χ3n) is 5.30. The number of aliphatic imine (C=N–C) groups is 1. The highest BCUT2D eigenvalue weighted by atomic mass is 32.1. The van der Waals surface area contributed by atoms with Gasteiger partial charge < -0.3 is 10.2 Å². The molecule has 0 bridgehead atoms. The van der Waals surface area contributed by atoms with Gasteiger partial charge in [-0.1, -0.05) is 0 Å². The van der Waals surface area contributed by atoms with Gasteiger partial charge in [0.25, 0.3) is 0 Å². The number of piperidine rings is 1. The zero-order chi connectivity index (χ0) is 16.8. The number of hydrogen-bond acceptors (Lipinski definition) is 5. The zero-order valence-corrected chi connectivity index (χ0v) is 15.8. The monoisotopic (exact) mass is 342 g/mol. The minimum atomic E-state index is 0.547. The molecule has 2 aliphatic rings. The summed E-state index contributed by atoms with van der Waals surface area (Å²) in [5, 5.41) is 5.06. The number of pyridine rings is 1. The molecule has 1 N–H and O–H groups in total. The number of nitrogens with one attached hydrogen (secondary N) is 1. The van der Waals surface area contributed by atoms with E-state index in [9.17, 15) is 0 Å². The first-order valence-electron chi connectivity index (χ1n) is 8.98. The molecule has 0 amide bonds. The van der Waals surface area contributed by atoms with E-state index in [0.717, 1.165) is 18.1 Å². The Kier molecular flexibility index (Phi) is 4.09. The van der Waals surface area contributed by atoms with Gasteiger partial charge in [0, 0.05) is 41.8 Å². The molecule has 5 heteroatoms. The van der Waals surface area contributed by atoms with Crippen molar-refractivity contribution in [2.24, 2.45) is 4.99 Å². The molecule has 1 fully saturated rings. The molecule has 0 radical (unpaired) electrons. The molecule has 128 valence electrons. The highest BCUT2D eigenvalue weighted by Crippen LogP contribution is 2.36. The summed E-state index contributed by atoms with van der Waals surface area (Å²) in [4.78, 5) is 14.6. The molecular formula is C19H26N4S. The lowest BCUT2D eigenvalue weighted by atomic mass is 10.0. The average molecular weight is 343 g/mol. The molecule has 0 atom stereocenters. The first kappa shape index (κ1) is 16.0. The van der Waals surface area contributed by atoms with Gasteiger partial charge in [-0.3, -0.25) is 4.99 Å². The molecule has 0 spiro atoms. The normalized spacial score (nSPS) is 19.1. The van der Waals surface area contributed by atoms with Crippen molar-refractivity contribution in [1.29, 1.82) is 0 Å². The van der Waals surface area contributed by atoms with E-state index in [1.165, 1.54) is 52.2 Å². The second kappa shape index (κ2) is 6.12. The zero-order valence-electron chi connectivity index (χ0n) is 15.0. The van der Waals surface area contributed by atoms with Crippen molar-refractivity contribution in [3.05, 3.63) is 27.8 Å². The summed E-state index contributed by atoms with van der Waals surface area (Å²) in [6.07, 6.45) is 2.40. The van der Waals surface area contributed by atoms with Crippen LogP contribution in [0.5, 0.6) is 0 Å². The second-order valence-corrected chi connectivity index (χ2v) is 8.38. The lowest BCUT2D eigenvalue weighted by molar-refractivity contribution is 0.167. The van der Waals surface area contributed by atoms with Crippen LogP contribution >= 0.6 is 11.3 Å². The highest BCUT2D eigenvalue weighted by Gasteiger charge is 2.27. The Hall–Kier alpha value is -1.46. The second-order valence-electron chi connectivity index (χ2n) is 7.38. The van der Waals surface area contributed by atoms with Crippen LogP contribution in [0.4, 0.5) is 0 Å². The van der Waals surface area contributed by atoms with Crippen LogP contribution in [-0.4, -0.2) is 40.9 Å². The number of aromatic nitrogens is 1. The smallest absolute Gasteiger partial charge is 0.139 e. The molecule has 1 saturated heterocycles. The number of thiophene rings is 1. The Bertz CT molecular complexity index is 797. The lowest BCUT2D eigenvalue weighted by Crippen LogP contribution is -2.46. The molecular weight excluding hydrogens is 316 g/mol. The topological polar surface area (TPSA) is 40.5 Å². The number of nitrogens with zero attached hydrogens (tertiary/aromatic N) is 3. The summed E-state index contributed by atoms with van der Waals surface area (Å²) < 4.78 is 0. The van der Waals surface area contributed by atoms with E-state index in [0.29, 0.717) is 12.1 Å². The summed E-state index contributed by atoms with van der Waals surface area (Å²) in [6, 6.07) is 3.38. The number of likely N-dealkylation sites (tertiary alicyclic amines) is 1. The fourth-order valence-corrected chi connectivity index (χ4v) is 5.23. The Morgan fingerprint density at radius 1 is 1.25 bits per heavy atom. The molecule has 0 aromatic carbocycles. The number of amidine groups is 1.